The van der Waals surface area contributed by atoms with Crippen LogP contribution in [0.2, 0.25) is 0 Å². The van der Waals surface area contributed by atoms with Gasteiger partial charge in [-0.15, -0.1) is 5.10 Å². The molecule has 26 heavy (non-hydrogen) atoms. The minimum atomic E-state index is -0.505. The molecule has 0 amide bonds. The fourth-order valence-corrected chi connectivity index (χ4v) is 3.01. The average Bonchev–Trinajstić information content (AvgIpc) is 3.13. The van der Waals surface area contributed by atoms with Crippen LogP contribution in [-0.2, 0) is 4.79 Å². The molecule has 0 spiro atoms. The third-order valence-corrected chi connectivity index (χ3v) is 4.10. The second-order valence-electron chi connectivity index (χ2n) is 6.16. The molecule has 4 rings (SSSR count). The average molecular weight is 348 g/mol. The summed E-state index contributed by atoms with van der Waals surface area (Å²) in [4.78, 5) is 33.8. The number of aryl methyl sites for hydroxylation is 1. The summed E-state index contributed by atoms with van der Waals surface area (Å²) < 4.78 is 1.96. The first-order valence-corrected chi connectivity index (χ1v) is 8.11. The Bertz CT molecular complexity index is 1190. The van der Waals surface area contributed by atoms with Crippen LogP contribution in [0.3, 0.4) is 0 Å². The van der Waals surface area contributed by atoms with Crippen molar-refractivity contribution in [3.8, 4) is 11.1 Å². The van der Waals surface area contributed by atoms with Crippen LogP contribution in [0.1, 0.15) is 30.0 Å². The molecule has 0 radical (unpaired) electrons. The quantitative estimate of drug-likeness (QED) is 0.532. The highest BCUT2D eigenvalue weighted by molar-refractivity contribution is 6.05. The standard InChI is InChI=1S/C19H16N4O3/c1-11-9-22-10-15(5-7-18(22)20-11)14-4-6-17-16(8-14)19(12(2)24)21-23(17)26-13(3)25/h4-10H,1-3H3. The molecular formula is C19H16N4O3. The number of Topliss-reactive ketones (excluding diaryl/α,β-unsaturated/α-hetero) is 1. The maximum Gasteiger partial charge on any atom is 0.331 e. The van der Waals surface area contributed by atoms with Gasteiger partial charge < -0.3 is 9.24 Å². The molecule has 7 heteroatoms. The van der Waals surface area contributed by atoms with E-state index >= 15 is 0 Å². The van der Waals surface area contributed by atoms with Crippen LogP contribution in [0.25, 0.3) is 27.7 Å². The topological polar surface area (TPSA) is 78.5 Å². The first-order chi connectivity index (χ1) is 12.4. The van der Waals surface area contributed by atoms with Gasteiger partial charge in [0.15, 0.2) is 5.78 Å². The summed E-state index contributed by atoms with van der Waals surface area (Å²) in [6.07, 6.45) is 3.94. The zero-order valence-electron chi connectivity index (χ0n) is 14.6. The van der Waals surface area contributed by atoms with E-state index in [0.717, 1.165) is 27.3 Å². The first kappa shape index (κ1) is 16.0. The summed E-state index contributed by atoms with van der Waals surface area (Å²) in [5.74, 6) is -0.701. The van der Waals surface area contributed by atoms with E-state index in [0.29, 0.717) is 10.9 Å². The van der Waals surface area contributed by atoms with E-state index in [4.69, 9.17) is 4.84 Å². The summed E-state index contributed by atoms with van der Waals surface area (Å²) in [5.41, 5.74) is 4.55. The van der Waals surface area contributed by atoms with Crippen LogP contribution < -0.4 is 4.84 Å². The van der Waals surface area contributed by atoms with E-state index in [1.54, 1.807) is 6.07 Å². The Hall–Kier alpha value is -3.48. The Labute approximate surface area is 148 Å². The Morgan fingerprint density at radius 1 is 1.04 bits per heavy atom. The van der Waals surface area contributed by atoms with E-state index in [1.165, 1.54) is 13.8 Å². The van der Waals surface area contributed by atoms with Crippen LogP contribution in [0.15, 0.2) is 42.7 Å². The van der Waals surface area contributed by atoms with Crippen molar-refractivity contribution in [3.63, 3.8) is 0 Å². The van der Waals surface area contributed by atoms with Crippen molar-refractivity contribution >= 4 is 28.3 Å². The molecule has 0 aliphatic rings. The molecule has 0 bridgehead atoms. The predicted molar refractivity (Wildman–Crippen MR) is 95.9 cm³/mol. The van der Waals surface area contributed by atoms with Crippen molar-refractivity contribution in [2.75, 3.05) is 0 Å². The number of carbonyl (C=O) groups is 2. The van der Waals surface area contributed by atoms with Gasteiger partial charge in [-0.05, 0) is 42.3 Å². The van der Waals surface area contributed by atoms with Gasteiger partial charge >= 0.3 is 5.97 Å². The molecule has 0 saturated heterocycles. The first-order valence-electron chi connectivity index (χ1n) is 8.11. The van der Waals surface area contributed by atoms with E-state index in [9.17, 15) is 9.59 Å². The second-order valence-corrected chi connectivity index (χ2v) is 6.16. The van der Waals surface area contributed by atoms with Gasteiger partial charge in [-0.3, -0.25) is 4.79 Å². The Morgan fingerprint density at radius 3 is 2.54 bits per heavy atom. The number of aromatic nitrogens is 4. The van der Waals surface area contributed by atoms with Crippen molar-refractivity contribution in [2.24, 2.45) is 0 Å². The number of hydrogen-bond donors (Lipinski definition) is 0. The van der Waals surface area contributed by atoms with Gasteiger partial charge in [0.2, 0.25) is 0 Å². The molecule has 7 nitrogen and oxygen atoms in total. The number of rotatable bonds is 3. The molecule has 0 aliphatic heterocycles. The van der Waals surface area contributed by atoms with E-state index < -0.39 is 5.97 Å². The number of nitrogens with zero attached hydrogens (tertiary/aromatic N) is 4. The minimum absolute atomic E-state index is 0.196. The molecule has 0 saturated carbocycles. The largest absolute Gasteiger partial charge is 0.331 e. The SMILES string of the molecule is CC(=O)On1nc(C(C)=O)c2cc(-c3ccc4nc(C)cn4c3)ccc21. The molecule has 0 N–H and O–H groups in total. The number of pyridine rings is 1. The van der Waals surface area contributed by atoms with Crippen LogP contribution in [-0.4, -0.2) is 31.1 Å². The van der Waals surface area contributed by atoms with Crippen molar-refractivity contribution in [1.29, 1.82) is 0 Å². The summed E-state index contributed by atoms with van der Waals surface area (Å²) in [6.45, 7) is 4.67. The molecule has 0 aliphatic carbocycles. The molecule has 130 valence electrons. The highest BCUT2D eigenvalue weighted by atomic mass is 16.7. The van der Waals surface area contributed by atoms with Crippen LogP contribution in [0.5, 0.6) is 0 Å². The molecule has 0 atom stereocenters. The molecule has 3 aromatic heterocycles. The summed E-state index contributed by atoms with van der Waals surface area (Å²) in [7, 11) is 0. The van der Waals surface area contributed by atoms with Gasteiger partial charge in [0.05, 0.1) is 5.69 Å². The van der Waals surface area contributed by atoms with Gasteiger partial charge in [-0.2, -0.15) is 0 Å². The maximum absolute atomic E-state index is 12.0. The van der Waals surface area contributed by atoms with Gasteiger partial charge in [-0.25, -0.2) is 9.78 Å². The van der Waals surface area contributed by atoms with Gasteiger partial charge in [-0.1, -0.05) is 10.9 Å². The predicted octanol–water partition coefficient (Wildman–Crippen LogP) is 2.84. The number of imidazole rings is 1. The van der Waals surface area contributed by atoms with Crippen molar-refractivity contribution in [3.05, 3.63) is 54.1 Å². The summed E-state index contributed by atoms with van der Waals surface area (Å²) >= 11 is 0. The Kier molecular flexibility index (Phi) is 3.57. The van der Waals surface area contributed by atoms with Crippen LogP contribution in [0.4, 0.5) is 0 Å². The van der Waals surface area contributed by atoms with Crippen molar-refractivity contribution in [1.82, 2.24) is 19.3 Å². The van der Waals surface area contributed by atoms with Crippen LogP contribution in [0, 0.1) is 6.92 Å². The highest BCUT2D eigenvalue weighted by Crippen LogP contribution is 2.27. The molecule has 0 unspecified atom stereocenters. The van der Waals surface area contributed by atoms with E-state index in [1.807, 2.05) is 48.0 Å². The minimum Gasteiger partial charge on any atom is -0.319 e. The number of hydrogen-bond acceptors (Lipinski definition) is 5. The molecular weight excluding hydrogens is 332 g/mol. The second kappa shape index (κ2) is 5.80. The molecule has 3 heterocycles. The number of benzene rings is 1. The normalized spacial score (nSPS) is 11.2. The van der Waals surface area contributed by atoms with Gasteiger partial charge in [0, 0.05) is 31.6 Å². The Balaban J connectivity index is 1.89. The van der Waals surface area contributed by atoms with Crippen molar-refractivity contribution < 1.29 is 14.4 Å². The van der Waals surface area contributed by atoms with Gasteiger partial charge in [0.25, 0.3) is 0 Å². The number of carbonyl (C=O) groups excluding carboxylic acids is 2. The third-order valence-electron chi connectivity index (χ3n) is 4.10. The fourth-order valence-electron chi connectivity index (χ4n) is 3.01. The lowest BCUT2D eigenvalue weighted by Crippen LogP contribution is -2.18. The molecule has 0 fully saturated rings. The third kappa shape index (κ3) is 2.63. The van der Waals surface area contributed by atoms with E-state index in [2.05, 4.69) is 10.1 Å². The zero-order valence-corrected chi connectivity index (χ0v) is 14.6. The fraction of sp³-hybridized carbons (Fsp3) is 0.158. The molecule has 1 aromatic carbocycles. The van der Waals surface area contributed by atoms with Crippen LogP contribution >= 0.6 is 0 Å². The summed E-state index contributed by atoms with van der Waals surface area (Å²) in [6, 6.07) is 9.49. The highest BCUT2D eigenvalue weighted by Gasteiger charge is 2.17. The zero-order chi connectivity index (χ0) is 18.4. The molecule has 4 aromatic rings. The lowest BCUT2D eigenvalue weighted by Gasteiger charge is -2.05. The monoisotopic (exact) mass is 348 g/mol. The smallest absolute Gasteiger partial charge is 0.319 e. The summed E-state index contributed by atoms with van der Waals surface area (Å²) in [5, 5.41) is 4.76. The Morgan fingerprint density at radius 2 is 1.81 bits per heavy atom. The number of fused-ring (bicyclic) bond motifs is 2. The lowest BCUT2D eigenvalue weighted by atomic mass is 10.0. The maximum atomic E-state index is 12.0. The number of ketones is 1. The lowest BCUT2D eigenvalue weighted by molar-refractivity contribution is -0.142. The van der Waals surface area contributed by atoms with Crippen molar-refractivity contribution in [2.45, 2.75) is 20.8 Å². The van der Waals surface area contributed by atoms with Gasteiger partial charge in [0.1, 0.15) is 16.9 Å². The van der Waals surface area contributed by atoms with E-state index in [-0.39, 0.29) is 11.5 Å².